The van der Waals surface area contributed by atoms with E-state index >= 15 is 0 Å². The van der Waals surface area contributed by atoms with Crippen LogP contribution in [0.2, 0.25) is 0 Å². The van der Waals surface area contributed by atoms with E-state index in [0.717, 1.165) is 30.8 Å². The second-order valence-electron chi connectivity index (χ2n) is 5.77. The lowest BCUT2D eigenvalue weighted by atomic mass is 10.2. The van der Waals surface area contributed by atoms with Crippen LogP contribution in [-0.2, 0) is 4.74 Å². The summed E-state index contributed by atoms with van der Waals surface area (Å²) >= 11 is 0. The summed E-state index contributed by atoms with van der Waals surface area (Å²) < 4.78 is 5.49. The first-order chi connectivity index (χ1) is 11.2. The van der Waals surface area contributed by atoms with Gasteiger partial charge in [-0.25, -0.2) is 4.98 Å². The highest BCUT2D eigenvalue weighted by atomic mass is 16.5. The fourth-order valence-corrected chi connectivity index (χ4v) is 2.51. The van der Waals surface area contributed by atoms with Gasteiger partial charge in [-0.05, 0) is 44.0 Å². The molecule has 0 bridgehead atoms. The smallest absolute Gasteiger partial charge is 0.269 e. The van der Waals surface area contributed by atoms with Crippen molar-refractivity contribution < 1.29 is 9.53 Å². The minimum atomic E-state index is -0.164. The lowest BCUT2D eigenvalue weighted by Gasteiger charge is -2.11. The van der Waals surface area contributed by atoms with Crippen molar-refractivity contribution in [1.29, 1.82) is 0 Å². The SMILES string of the molecule is Cc1ccc(Nc2ccc(C(=O)NCC3CCCO3)nc2)cc1. The molecule has 0 saturated carbocycles. The van der Waals surface area contributed by atoms with Crippen LogP contribution in [0.3, 0.4) is 0 Å². The summed E-state index contributed by atoms with van der Waals surface area (Å²) in [5.74, 6) is -0.164. The zero-order chi connectivity index (χ0) is 16.1. The van der Waals surface area contributed by atoms with E-state index in [4.69, 9.17) is 4.74 Å². The van der Waals surface area contributed by atoms with Crippen molar-refractivity contribution in [1.82, 2.24) is 10.3 Å². The van der Waals surface area contributed by atoms with Gasteiger partial charge in [-0.1, -0.05) is 17.7 Å². The Kier molecular flexibility index (Phi) is 4.88. The van der Waals surface area contributed by atoms with Gasteiger partial charge in [0, 0.05) is 18.8 Å². The van der Waals surface area contributed by atoms with E-state index in [2.05, 4.69) is 22.5 Å². The van der Waals surface area contributed by atoms with Crippen molar-refractivity contribution in [2.75, 3.05) is 18.5 Å². The van der Waals surface area contributed by atoms with Crippen LogP contribution < -0.4 is 10.6 Å². The number of anilines is 2. The highest BCUT2D eigenvalue weighted by Gasteiger charge is 2.17. The maximum atomic E-state index is 12.1. The molecule has 0 radical (unpaired) electrons. The molecule has 1 amide bonds. The normalized spacial score (nSPS) is 17.0. The van der Waals surface area contributed by atoms with Crippen LogP contribution >= 0.6 is 0 Å². The van der Waals surface area contributed by atoms with Crippen molar-refractivity contribution in [2.24, 2.45) is 0 Å². The highest BCUT2D eigenvalue weighted by Crippen LogP contribution is 2.16. The zero-order valence-electron chi connectivity index (χ0n) is 13.2. The van der Waals surface area contributed by atoms with Crippen molar-refractivity contribution in [2.45, 2.75) is 25.9 Å². The Morgan fingerprint density at radius 1 is 1.22 bits per heavy atom. The Morgan fingerprint density at radius 2 is 2.00 bits per heavy atom. The van der Waals surface area contributed by atoms with Crippen molar-refractivity contribution >= 4 is 17.3 Å². The van der Waals surface area contributed by atoms with Gasteiger partial charge in [0.25, 0.3) is 5.91 Å². The fraction of sp³-hybridized carbons (Fsp3) is 0.333. The summed E-state index contributed by atoms with van der Waals surface area (Å²) in [5.41, 5.74) is 3.47. The number of amides is 1. The standard InChI is InChI=1S/C18H21N3O2/c1-13-4-6-14(7-5-13)21-15-8-9-17(19-11-15)18(22)20-12-16-3-2-10-23-16/h4-9,11,16,21H,2-3,10,12H2,1H3,(H,20,22). The summed E-state index contributed by atoms with van der Waals surface area (Å²) in [7, 11) is 0. The minimum Gasteiger partial charge on any atom is -0.376 e. The monoisotopic (exact) mass is 311 g/mol. The molecule has 1 aliphatic rings. The van der Waals surface area contributed by atoms with E-state index in [0.29, 0.717) is 12.2 Å². The van der Waals surface area contributed by atoms with Gasteiger partial charge in [-0.15, -0.1) is 0 Å². The highest BCUT2D eigenvalue weighted by molar-refractivity contribution is 5.92. The number of hydrogen-bond donors (Lipinski definition) is 2. The molecule has 3 rings (SSSR count). The summed E-state index contributed by atoms with van der Waals surface area (Å²) in [4.78, 5) is 16.3. The Bertz CT molecular complexity index is 647. The number of carbonyl (C=O) groups is 1. The number of hydrogen-bond acceptors (Lipinski definition) is 4. The largest absolute Gasteiger partial charge is 0.376 e. The number of nitrogens with one attached hydrogen (secondary N) is 2. The molecule has 1 aromatic carbocycles. The van der Waals surface area contributed by atoms with Crippen LogP contribution in [0.15, 0.2) is 42.6 Å². The van der Waals surface area contributed by atoms with Gasteiger partial charge in [0.1, 0.15) is 5.69 Å². The minimum absolute atomic E-state index is 0.140. The Labute approximate surface area is 136 Å². The van der Waals surface area contributed by atoms with Gasteiger partial charge in [-0.2, -0.15) is 0 Å². The molecule has 5 heteroatoms. The number of nitrogens with zero attached hydrogens (tertiary/aromatic N) is 1. The summed E-state index contributed by atoms with van der Waals surface area (Å²) in [6.45, 7) is 3.39. The molecule has 2 N–H and O–H groups in total. The second kappa shape index (κ2) is 7.24. The van der Waals surface area contributed by atoms with E-state index in [1.165, 1.54) is 5.56 Å². The van der Waals surface area contributed by atoms with Crippen LogP contribution in [0.5, 0.6) is 0 Å². The Morgan fingerprint density at radius 3 is 2.65 bits per heavy atom. The Balaban J connectivity index is 1.55. The van der Waals surface area contributed by atoms with E-state index in [1.54, 1.807) is 12.3 Å². The van der Waals surface area contributed by atoms with Gasteiger partial charge in [-0.3, -0.25) is 4.79 Å². The van der Waals surface area contributed by atoms with Gasteiger partial charge in [0.2, 0.25) is 0 Å². The van der Waals surface area contributed by atoms with E-state index in [9.17, 15) is 4.79 Å². The van der Waals surface area contributed by atoms with Gasteiger partial charge in [0.05, 0.1) is 18.0 Å². The third kappa shape index (κ3) is 4.29. The molecule has 0 aliphatic carbocycles. The van der Waals surface area contributed by atoms with E-state index < -0.39 is 0 Å². The predicted molar refractivity (Wildman–Crippen MR) is 90.0 cm³/mol. The maximum absolute atomic E-state index is 12.1. The molecule has 1 aliphatic heterocycles. The summed E-state index contributed by atoms with van der Waals surface area (Å²) in [5, 5.41) is 6.13. The first kappa shape index (κ1) is 15.5. The molecular weight excluding hydrogens is 290 g/mol. The predicted octanol–water partition coefficient (Wildman–Crippen LogP) is 3.04. The van der Waals surface area contributed by atoms with Crippen molar-refractivity contribution in [3.8, 4) is 0 Å². The Hall–Kier alpha value is -2.40. The summed E-state index contributed by atoms with van der Waals surface area (Å²) in [6, 6.07) is 11.7. The number of benzene rings is 1. The van der Waals surface area contributed by atoms with E-state index in [1.807, 2.05) is 30.3 Å². The van der Waals surface area contributed by atoms with E-state index in [-0.39, 0.29) is 12.0 Å². The number of aromatic nitrogens is 1. The van der Waals surface area contributed by atoms with Crippen LogP contribution in [0, 0.1) is 6.92 Å². The van der Waals surface area contributed by atoms with Crippen LogP contribution in [0.1, 0.15) is 28.9 Å². The van der Waals surface area contributed by atoms with Gasteiger partial charge < -0.3 is 15.4 Å². The number of ether oxygens (including phenoxy) is 1. The molecule has 1 atom stereocenters. The first-order valence-electron chi connectivity index (χ1n) is 7.90. The van der Waals surface area contributed by atoms with Crippen LogP contribution in [0.4, 0.5) is 11.4 Å². The molecule has 2 heterocycles. The third-order valence-electron chi connectivity index (χ3n) is 3.85. The summed E-state index contributed by atoms with van der Waals surface area (Å²) in [6.07, 6.45) is 3.88. The average Bonchev–Trinajstić information content (AvgIpc) is 3.09. The first-order valence-corrected chi connectivity index (χ1v) is 7.90. The van der Waals surface area contributed by atoms with Crippen molar-refractivity contribution in [3.63, 3.8) is 0 Å². The maximum Gasteiger partial charge on any atom is 0.269 e. The molecular formula is C18H21N3O2. The topological polar surface area (TPSA) is 63.2 Å². The quantitative estimate of drug-likeness (QED) is 0.891. The van der Waals surface area contributed by atoms with Crippen LogP contribution in [-0.4, -0.2) is 30.1 Å². The van der Waals surface area contributed by atoms with Gasteiger partial charge in [0.15, 0.2) is 0 Å². The molecule has 120 valence electrons. The molecule has 1 fully saturated rings. The molecule has 0 spiro atoms. The number of pyridine rings is 1. The number of aryl methyl sites for hydroxylation is 1. The molecule has 1 unspecified atom stereocenters. The molecule has 23 heavy (non-hydrogen) atoms. The zero-order valence-corrected chi connectivity index (χ0v) is 13.2. The number of carbonyl (C=O) groups excluding carboxylic acids is 1. The number of rotatable bonds is 5. The lowest BCUT2D eigenvalue weighted by Crippen LogP contribution is -2.32. The molecule has 2 aromatic rings. The van der Waals surface area contributed by atoms with Gasteiger partial charge >= 0.3 is 0 Å². The average molecular weight is 311 g/mol. The third-order valence-corrected chi connectivity index (χ3v) is 3.85. The molecule has 5 nitrogen and oxygen atoms in total. The molecule has 1 saturated heterocycles. The molecule has 1 aromatic heterocycles. The van der Waals surface area contributed by atoms with Crippen molar-refractivity contribution in [3.05, 3.63) is 53.9 Å². The van der Waals surface area contributed by atoms with Crippen LogP contribution in [0.25, 0.3) is 0 Å². The lowest BCUT2D eigenvalue weighted by molar-refractivity contribution is 0.0854. The fourth-order valence-electron chi connectivity index (χ4n) is 2.51. The second-order valence-corrected chi connectivity index (χ2v) is 5.77.